The van der Waals surface area contributed by atoms with E-state index < -0.39 is 5.97 Å². The van der Waals surface area contributed by atoms with Gasteiger partial charge in [-0.25, -0.2) is 0 Å². The Hall–Kier alpha value is -0.790. The van der Waals surface area contributed by atoms with Gasteiger partial charge in [0.05, 0.1) is 0 Å². The second-order valence-corrected chi connectivity index (χ2v) is 4.49. The molecule has 0 amide bonds. The van der Waals surface area contributed by atoms with Gasteiger partial charge in [-0.1, -0.05) is 18.6 Å². The zero-order valence-electron chi connectivity index (χ0n) is 9.12. The molecule has 2 unspecified atom stereocenters. The van der Waals surface area contributed by atoms with Crippen LogP contribution in [0.5, 0.6) is 0 Å². The zero-order chi connectivity index (χ0) is 10.6. The predicted octanol–water partition coefficient (Wildman–Crippen LogP) is 3.23. The van der Waals surface area contributed by atoms with Crippen molar-refractivity contribution in [3.63, 3.8) is 0 Å². The molecule has 0 aromatic rings. The number of carboxylic acid groups (broad SMARTS) is 1. The predicted molar refractivity (Wildman–Crippen MR) is 57.1 cm³/mol. The van der Waals surface area contributed by atoms with Gasteiger partial charge in [-0.15, -0.1) is 0 Å². The molecule has 2 heteroatoms. The zero-order valence-corrected chi connectivity index (χ0v) is 9.12. The van der Waals surface area contributed by atoms with Crippen LogP contribution in [0.1, 0.15) is 46.0 Å². The normalized spacial score (nSPS) is 24.1. The van der Waals surface area contributed by atoms with E-state index in [1.807, 2.05) is 0 Å². The van der Waals surface area contributed by atoms with Gasteiger partial charge in [-0.2, -0.15) is 0 Å². The van der Waals surface area contributed by atoms with Crippen molar-refractivity contribution in [3.8, 4) is 0 Å². The summed E-state index contributed by atoms with van der Waals surface area (Å²) in [5, 5.41) is 8.59. The van der Waals surface area contributed by atoms with Crippen molar-refractivity contribution in [1.29, 1.82) is 0 Å². The van der Waals surface area contributed by atoms with E-state index in [1.165, 1.54) is 18.4 Å². The molecule has 0 spiro atoms. The lowest BCUT2D eigenvalue weighted by molar-refractivity contribution is -0.137. The SMILES string of the molecule is CC1=CCC(C(C)CCC(=O)O)CC1. The van der Waals surface area contributed by atoms with Crippen molar-refractivity contribution < 1.29 is 9.90 Å². The fourth-order valence-corrected chi connectivity index (χ4v) is 2.09. The Bertz CT molecular complexity index is 230. The van der Waals surface area contributed by atoms with E-state index in [0.717, 1.165) is 12.8 Å². The first-order valence-corrected chi connectivity index (χ1v) is 5.47. The highest BCUT2D eigenvalue weighted by atomic mass is 16.4. The van der Waals surface area contributed by atoms with E-state index in [4.69, 9.17) is 5.11 Å². The largest absolute Gasteiger partial charge is 0.481 e. The first-order chi connectivity index (χ1) is 6.59. The third-order valence-electron chi connectivity index (χ3n) is 3.30. The minimum absolute atomic E-state index is 0.320. The molecule has 1 aliphatic carbocycles. The minimum Gasteiger partial charge on any atom is -0.481 e. The molecule has 1 N–H and O–H groups in total. The molecular formula is C12H20O2. The maximum Gasteiger partial charge on any atom is 0.303 e. The molecule has 1 rings (SSSR count). The molecule has 2 atom stereocenters. The summed E-state index contributed by atoms with van der Waals surface area (Å²) < 4.78 is 0. The molecule has 0 aliphatic heterocycles. The summed E-state index contributed by atoms with van der Waals surface area (Å²) in [6.45, 7) is 4.36. The average molecular weight is 196 g/mol. The van der Waals surface area contributed by atoms with Crippen molar-refractivity contribution in [2.24, 2.45) is 11.8 Å². The van der Waals surface area contributed by atoms with Crippen LogP contribution >= 0.6 is 0 Å². The van der Waals surface area contributed by atoms with Crippen LogP contribution < -0.4 is 0 Å². The monoisotopic (exact) mass is 196 g/mol. The number of carboxylic acids is 1. The van der Waals surface area contributed by atoms with Crippen molar-refractivity contribution >= 4 is 5.97 Å². The lowest BCUT2D eigenvalue weighted by Crippen LogP contribution is -2.15. The van der Waals surface area contributed by atoms with E-state index in [-0.39, 0.29) is 0 Å². The summed E-state index contributed by atoms with van der Waals surface area (Å²) in [5.41, 5.74) is 1.49. The van der Waals surface area contributed by atoms with Crippen LogP contribution in [0.4, 0.5) is 0 Å². The van der Waals surface area contributed by atoms with Crippen LogP contribution in [0, 0.1) is 11.8 Å². The van der Waals surface area contributed by atoms with Gasteiger partial charge in [0.2, 0.25) is 0 Å². The van der Waals surface area contributed by atoms with Crippen LogP contribution in [0.25, 0.3) is 0 Å². The van der Waals surface area contributed by atoms with Crippen molar-refractivity contribution in [3.05, 3.63) is 11.6 Å². The molecular weight excluding hydrogens is 176 g/mol. The Morgan fingerprint density at radius 1 is 1.71 bits per heavy atom. The first-order valence-electron chi connectivity index (χ1n) is 5.47. The molecule has 0 saturated carbocycles. The van der Waals surface area contributed by atoms with Gasteiger partial charge in [0, 0.05) is 6.42 Å². The lowest BCUT2D eigenvalue weighted by atomic mass is 9.80. The summed E-state index contributed by atoms with van der Waals surface area (Å²) >= 11 is 0. The van der Waals surface area contributed by atoms with Gasteiger partial charge < -0.3 is 5.11 Å². The van der Waals surface area contributed by atoms with E-state index in [2.05, 4.69) is 19.9 Å². The lowest BCUT2D eigenvalue weighted by Gasteiger charge is -2.26. The molecule has 2 nitrogen and oxygen atoms in total. The molecule has 0 saturated heterocycles. The van der Waals surface area contributed by atoms with Crippen LogP contribution in [0.3, 0.4) is 0 Å². The topological polar surface area (TPSA) is 37.3 Å². The fraction of sp³-hybridized carbons (Fsp3) is 0.750. The summed E-state index contributed by atoms with van der Waals surface area (Å²) in [5.74, 6) is 0.591. The maximum atomic E-state index is 10.4. The first kappa shape index (κ1) is 11.3. The average Bonchev–Trinajstić information content (AvgIpc) is 2.15. The molecule has 1 aliphatic rings. The van der Waals surface area contributed by atoms with Crippen LogP contribution in [0.15, 0.2) is 11.6 Å². The van der Waals surface area contributed by atoms with Crippen molar-refractivity contribution in [2.75, 3.05) is 0 Å². The number of hydrogen-bond acceptors (Lipinski definition) is 1. The molecule has 0 radical (unpaired) electrons. The third kappa shape index (κ3) is 3.52. The molecule has 0 heterocycles. The maximum absolute atomic E-state index is 10.4. The fourth-order valence-electron chi connectivity index (χ4n) is 2.09. The highest BCUT2D eigenvalue weighted by Crippen LogP contribution is 2.31. The standard InChI is InChI=1S/C12H20O2/c1-9-3-6-11(7-4-9)10(2)5-8-12(13)14/h3,10-11H,4-8H2,1-2H3,(H,13,14). The third-order valence-corrected chi connectivity index (χ3v) is 3.30. The number of rotatable bonds is 4. The quantitative estimate of drug-likeness (QED) is 0.701. The van der Waals surface area contributed by atoms with Crippen molar-refractivity contribution in [1.82, 2.24) is 0 Å². The Morgan fingerprint density at radius 2 is 2.43 bits per heavy atom. The van der Waals surface area contributed by atoms with E-state index >= 15 is 0 Å². The van der Waals surface area contributed by atoms with E-state index in [9.17, 15) is 4.79 Å². The Morgan fingerprint density at radius 3 is 2.93 bits per heavy atom. The Kier molecular flexibility index (Phi) is 4.18. The number of carbonyl (C=O) groups is 1. The molecule has 14 heavy (non-hydrogen) atoms. The molecule has 0 aromatic carbocycles. The highest BCUT2D eigenvalue weighted by molar-refractivity contribution is 5.66. The van der Waals surface area contributed by atoms with Gasteiger partial charge in [-0.05, 0) is 44.4 Å². The Balaban J connectivity index is 2.31. The van der Waals surface area contributed by atoms with E-state index in [0.29, 0.717) is 18.3 Å². The van der Waals surface area contributed by atoms with Crippen LogP contribution in [-0.2, 0) is 4.79 Å². The number of hydrogen-bond donors (Lipinski definition) is 1. The highest BCUT2D eigenvalue weighted by Gasteiger charge is 2.19. The summed E-state index contributed by atoms with van der Waals surface area (Å²) in [7, 11) is 0. The molecule has 80 valence electrons. The van der Waals surface area contributed by atoms with Crippen LogP contribution in [0.2, 0.25) is 0 Å². The smallest absolute Gasteiger partial charge is 0.303 e. The van der Waals surface area contributed by atoms with Crippen molar-refractivity contribution in [2.45, 2.75) is 46.0 Å². The summed E-state index contributed by atoms with van der Waals surface area (Å²) in [4.78, 5) is 10.4. The number of allylic oxidation sites excluding steroid dienone is 2. The van der Waals surface area contributed by atoms with Gasteiger partial charge in [-0.3, -0.25) is 4.79 Å². The van der Waals surface area contributed by atoms with Gasteiger partial charge in [0.25, 0.3) is 0 Å². The van der Waals surface area contributed by atoms with Gasteiger partial charge in [0.1, 0.15) is 0 Å². The number of aliphatic carboxylic acids is 1. The second-order valence-electron chi connectivity index (χ2n) is 4.49. The van der Waals surface area contributed by atoms with Crippen LogP contribution in [-0.4, -0.2) is 11.1 Å². The summed E-state index contributed by atoms with van der Waals surface area (Å²) in [6, 6.07) is 0. The van der Waals surface area contributed by atoms with Gasteiger partial charge in [0.15, 0.2) is 0 Å². The molecule has 0 bridgehead atoms. The Labute approximate surface area is 86.0 Å². The van der Waals surface area contributed by atoms with Gasteiger partial charge >= 0.3 is 5.97 Å². The summed E-state index contributed by atoms with van der Waals surface area (Å²) in [6.07, 6.45) is 7.04. The van der Waals surface area contributed by atoms with E-state index in [1.54, 1.807) is 0 Å². The molecule has 0 fully saturated rings. The molecule has 0 aromatic heterocycles. The second kappa shape index (κ2) is 5.18. The minimum atomic E-state index is -0.667.